The molecule has 0 spiro atoms. The number of para-hydroxylation sites is 1. The monoisotopic (exact) mass is 435 g/mol. The number of benzene rings is 2. The molecular formula is C21H26ClN3O3S. The summed E-state index contributed by atoms with van der Waals surface area (Å²) in [6.07, 6.45) is 3.05. The Morgan fingerprint density at radius 2 is 1.79 bits per heavy atom. The summed E-state index contributed by atoms with van der Waals surface area (Å²) < 4.78 is 25.2. The first-order valence-corrected chi connectivity index (χ1v) is 11.8. The highest BCUT2D eigenvalue weighted by Gasteiger charge is 2.25. The summed E-state index contributed by atoms with van der Waals surface area (Å²) in [6.45, 7) is 1.76. The highest BCUT2D eigenvalue weighted by molar-refractivity contribution is 7.91. The summed E-state index contributed by atoms with van der Waals surface area (Å²) in [5.74, 6) is 0.0430. The molecule has 2 aromatic rings. The Morgan fingerprint density at radius 3 is 2.52 bits per heavy atom. The molecule has 156 valence electrons. The number of carbonyl (C=O) groups is 1. The normalized spacial score (nSPS) is 17.6. The Balaban J connectivity index is 1.52. The van der Waals surface area contributed by atoms with Crippen molar-refractivity contribution in [1.82, 2.24) is 10.2 Å². The van der Waals surface area contributed by atoms with Gasteiger partial charge in [-0.25, -0.2) is 13.2 Å². The van der Waals surface area contributed by atoms with E-state index in [2.05, 4.69) is 15.5 Å². The lowest BCUT2D eigenvalue weighted by atomic mass is 10.0. The van der Waals surface area contributed by atoms with Gasteiger partial charge in [0.05, 0.1) is 10.6 Å². The second kappa shape index (κ2) is 10.1. The van der Waals surface area contributed by atoms with E-state index in [1.807, 2.05) is 30.3 Å². The van der Waals surface area contributed by atoms with Crippen LogP contribution in [-0.4, -0.2) is 50.8 Å². The number of urea groups is 1. The van der Waals surface area contributed by atoms with E-state index in [-0.39, 0.29) is 22.7 Å². The van der Waals surface area contributed by atoms with E-state index >= 15 is 0 Å². The van der Waals surface area contributed by atoms with E-state index in [1.165, 1.54) is 0 Å². The van der Waals surface area contributed by atoms with Crippen molar-refractivity contribution in [1.29, 1.82) is 0 Å². The molecule has 0 aromatic heterocycles. The summed E-state index contributed by atoms with van der Waals surface area (Å²) in [4.78, 5) is 14.6. The summed E-state index contributed by atoms with van der Waals surface area (Å²) in [5, 5.41) is 6.23. The first-order chi connectivity index (χ1) is 13.9. The molecule has 1 heterocycles. The standard InChI is InChI=1S/C21H26ClN3O3S/c22-17-9-11-20(12-10-17)29(27,28)15-14-25-13-5-4-8-19(25)16-23-21(26)24-18-6-2-1-3-7-18/h1-3,6-7,9-12,19H,4-5,8,13-16H2,(H2,23,24,26). The largest absolute Gasteiger partial charge is 0.336 e. The second-order valence-corrected chi connectivity index (χ2v) is 9.71. The SMILES string of the molecule is O=C(NCC1CCCCN1CCS(=O)(=O)c1ccc(Cl)cc1)Nc1ccccc1. The molecule has 0 radical (unpaired) electrons. The van der Waals surface area contributed by atoms with Gasteiger partial charge in [0.25, 0.3) is 0 Å². The van der Waals surface area contributed by atoms with E-state index in [0.29, 0.717) is 18.1 Å². The third-order valence-electron chi connectivity index (χ3n) is 5.10. The zero-order chi connectivity index (χ0) is 20.7. The molecular weight excluding hydrogens is 410 g/mol. The Labute approximate surface area is 177 Å². The fourth-order valence-corrected chi connectivity index (χ4v) is 4.88. The topological polar surface area (TPSA) is 78.5 Å². The van der Waals surface area contributed by atoms with Crippen LogP contribution < -0.4 is 10.6 Å². The van der Waals surface area contributed by atoms with Crippen LogP contribution in [0, 0.1) is 0 Å². The van der Waals surface area contributed by atoms with Crippen LogP contribution in [0.5, 0.6) is 0 Å². The first kappa shape index (κ1) is 21.6. The van der Waals surface area contributed by atoms with Gasteiger partial charge in [0.1, 0.15) is 0 Å². The van der Waals surface area contributed by atoms with Crippen molar-refractivity contribution in [3.05, 3.63) is 59.6 Å². The lowest BCUT2D eigenvalue weighted by molar-refractivity contribution is 0.155. The Morgan fingerprint density at radius 1 is 1.07 bits per heavy atom. The molecule has 1 aliphatic heterocycles. The summed E-state index contributed by atoms with van der Waals surface area (Å²) >= 11 is 5.85. The number of piperidine rings is 1. The molecule has 29 heavy (non-hydrogen) atoms. The molecule has 1 unspecified atom stereocenters. The molecule has 2 N–H and O–H groups in total. The summed E-state index contributed by atoms with van der Waals surface area (Å²) in [5.41, 5.74) is 0.736. The van der Waals surface area contributed by atoms with Gasteiger partial charge in [-0.3, -0.25) is 4.90 Å². The van der Waals surface area contributed by atoms with Crippen LogP contribution in [0.25, 0.3) is 0 Å². The number of nitrogens with zero attached hydrogens (tertiary/aromatic N) is 1. The van der Waals surface area contributed by atoms with Gasteiger partial charge in [-0.15, -0.1) is 0 Å². The van der Waals surface area contributed by atoms with Crippen LogP contribution in [0.3, 0.4) is 0 Å². The first-order valence-electron chi connectivity index (χ1n) is 9.76. The molecule has 2 amide bonds. The van der Waals surface area contributed by atoms with Crippen molar-refractivity contribution in [2.45, 2.75) is 30.2 Å². The summed E-state index contributed by atoms with van der Waals surface area (Å²) in [6, 6.07) is 15.4. The number of nitrogens with one attached hydrogen (secondary N) is 2. The maximum Gasteiger partial charge on any atom is 0.319 e. The number of anilines is 1. The molecule has 0 bridgehead atoms. The van der Waals surface area contributed by atoms with E-state index in [9.17, 15) is 13.2 Å². The fourth-order valence-electron chi connectivity index (χ4n) is 3.49. The van der Waals surface area contributed by atoms with Crippen molar-refractivity contribution in [3.63, 3.8) is 0 Å². The lowest BCUT2D eigenvalue weighted by Gasteiger charge is -2.35. The van der Waals surface area contributed by atoms with Gasteiger partial charge in [-0.1, -0.05) is 36.2 Å². The van der Waals surface area contributed by atoms with Crippen LogP contribution in [0.4, 0.5) is 10.5 Å². The maximum absolute atomic E-state index is 12.6. The predicted molar refractivity (Wildman–Crippen MR) is 116 cm³/mol. The van der Waals surface area contributed by atoms with Crippen LogP contribution in [0.1, 0.15) is 19.3 Å². The van der Waals surface area contributed by atoms with Gasteiger partial charge >= 0.3 is 6.03 Å². The van der Waals surface area contributed by atoms with E-state index in [4.69, 9.17) is 11.6 Å². The molecule has 3 rings (SSSR count). The van der Waals surface area contributed by atoms with Gasteiger partial charge in [0.2, 0.25) is 0 Å². The number of carbonyl (C=O) groups excluding carboxylic acids is 1. The lowest BCUT2D eigenvalue weighted by Crippen LogP contribution is -2.48. The van der Waals surface area contributed by atoms with Crippen LogP contribution in [-0.2, 0) is 9.84 Å². The molecule has 1 fully saturated rings. The van der Waals surface area contributed by atoms with E-state index in [1.54, 1.807) is 24.3 Å². The van der Waals surface area contributed by atoms with Gasteiger partial charge in [-0.05, 0) is 55.8 Å². The minimum atomic E-state index is -3.37. The fraction of sp³-hybridized carbons (Fsp3) is 0.381. The molecule has 2 aromatic carbocycles. The smallest absolute Gasteiger partial charge is 0.319 e. The second-order valence-electron chi connectivity index (χ2n) is 7.16. The maximum atomic E-state index is 12.6. The highest BCUT2D eigenvalue weighted by atomic mass is 35.5. The molecule has 8 heteroatoms. The highest BCUT2D eigenvalue weighted by Crippen LogP contribution is 2.19. The van der Waals surface area contributed by atoms with Crippen LogP contribution in [0.2, 0.25) is 5.02 Å². The predicted octanol–water partition coefficient (Wildman–Crippen LogP) is 3.79. The van der Waals surface area contributed by atoms with Crippen LogP contribution in [0.15, 0.2) is 59.5 Å². The van der Waals surface area contributed by atoms with Crippen LogP contribution >= 0.6 is 11.6 Å². The average Bonchev–Trinajstić information content (AvgIpc) is 2.72. The van der Waals surface area contributed by atoms with Gasteiger partial charge in [0, 0.05) is 29.8 Å². The third kappa shape index (κ3) is 6.45. The zero-order valence-electron chi connectivity index (χ0n) is 16.2. The number of sulfone groups is 1. The van der Waals surface area contributed by atoms with Crippen molar-refractivity contribution < 1.29 is 13.2 Å². The molecule has 1 saturated heterocycles. The number of hydrogen-bond acceptors (Lipinski definition) is 4. The molecule has 6 nitrogen and oxygen atoms in total. The van der Waals surface area contributed by atoms with Gasteiger partial charge in [-0.2, -0.15) is 0 Å². The number of rotatable bonds is 7. The number of hydrogen-bond donors (Lipinski definition) is 2. The number of amides is 2. The van der Waals surface area contributed by atoms with Crippen molar-refractivity contribution in [2.75, 3.05) is 30.7 Å². The quantitative estimate of drug-likeness (QED) is 0.693. The minimum Gasteiger partial charge on any atom is -0.336 e. The Kier molecular flexibility index (Phi) is 7.52. The number of halogens is 1. The van der Waals surface area contributed by atoms with Crippen molar-refractivity contribution >= 4 is 33.2 Å². The Hall–Kier alpha value is -2.09. The van der Waals surface area contributed by atoms with Gasteiger partial charge in [0.15, 0.2) is 9.84 Å². The van der Waals surface area contributed by atoms with Crippen molar-refractivity contribution in [2.24, 2.45) is 0 Å². The molecule has 0 aliphatic carbocycles. The summed E-state index contributed by atoms with van der Waals surface area (Å²) in [7, 11) is -3.37. The van der Waals surface area contributed by atoms with E-state index in [0.717, 1.165) is 31.5 Å². The van der Waals surface area contributed by atoms with Gasteiger partial charge < -0.3 is 10.6 Å². The minimum absolute atomic E-state index is 0.0430. The van der Waals surface area contributed by atoms with E-state index < -0.39 is 9.84 Å². The molecule has 1 aliphatic rings. The molecule has 1 atom stereocenters. The Bertz CT molecular complexity index is 905. The third-order valence-corrected chi connectivity index (χ3v) is 7.06. The number of likely N-dealkylation sites (tertiary alicyclic amines) is 1. The zero-order valence-corrected chi connectivity index (χ0v) is 17.8. The molecule has 0 saturated carbocycles. The average molecular weight is 436 g/mol. The van der Waals surface area contributed by atoms with Crippen molar-refractivity contribution in [3.8, 4) is 0 Å².